The molecule has 1 heterocycles. The highest BCUT2D eigenvalue weighted by Crippen LogP contribution is 2.34. The molecular weight excluding hydrogens is 456 g/mol. The summed E-state index contributed by atoms with van der Waals surface area (Å²) < 4.78 is 0. The van der Waals surface area contributed by atoms with Gasteiger partial charge >= 0.3 is 0 Å². The molecule has 1 N–H and O–H groups in total. The number of carbonyl (C=O) groups excluding carboxylic acids is 2. The molecule has 2 aromatic rings. The Hall–Kier alpha value is -3.78. The lowest BCUT2D eigenvalue weighted by molar-refractivity contribution is -0.387. The van der Waals surface area contributed by atoms with Crippen LogP contribution in [0.3, 0.4) is 0 Å². The predicted octanol–water partition coefficient (Wildman–Crippen LogP) is 3.60. The Kier molecular flexibility index (Phi) is 10.7. The zero-order valence-electron chi connectivity index (χ0n) is 19.0. The van der Waals surface area contributed by atoms with Crippen molar-refractivity contribution in [1.29, 1.82) is 5.26 Å². The van der Waals surface area contributed by atoms with Gasteiger partial charge in [0.15, 0.2) is 5.16 Å². The Morgan fingerprint density at radius 3 is 2.47 bits per heavy atom. The molecule has 0 unspecified atom stereocenters. The fourth-order valence-corrected chi connectivity index (χ4v) is 3.91. The average molecular weight is 483 g/mol. The maximum Gasteiger partial charge on any atom is 0.283 e. The molecule has 1 fully saturated rings. The highest BCUT2D eigenvalue weighted by molar-refractivity contribution is 7.99. The normalized spacial score (nSPS) is 13.6. The summed E-state index contributed by atoms with van der Waals surface area (Å²) in [4.78, 5) is 42.8. The van der Waals surface area contributed by atoms with Gasteiger partial charge in [0.2, 0.25) is 6.41 Å². The average Bonchev–Trinajstić information content (AvgIpc) is 2.84. The van der Waals surface area contributed by atoms with Crippen LogP contribution >= 0.6 is 11.8 Å². The standard InChI is InChI=1S/C20H19N5O3S.C3H7NO/c21-13-15(19(26)24-16-5-2-1-3-6-16)11-14-7-8-18(17(12-14)25(27)28)29-20-22-9-4-10-23-20;1-4(2)3-5/h4,7-12,16H,1-3,5-6H2,(H,24,26);3H,1-2H3. The van der Waals surface area contributed by atoms with Crippen molar-refractivity contribution in [3.05, 3.63) is 57.9 Å². The number of aromatic nitrogens is 2. The Labute approximate surface area is 202 Å². The van der Waals surface area contributed by atoms with Crippen LogP contribution in [0.15, 0.2) is 52.3 Å². The molecule has 0 radical (unpaired) electrons. The molecule has 0 aliphatic heterocycles. The third-order valence-electron chi connectivity index (χ3n) is 4.75. The summed E-state index contributed by atoms with van der Waals surface area (Å²) in [6.45, 7) is 0. The van der Waals surface area contributed by atoms with Gasteiger partial charge in [0, 0.05) is 38.6 Å². The molecule has 1 aliphatic carbocycles. The number of nitro benzene ring substituents is 1. The van der Waals surface area contributed by atoms with Crippen LogP contribution in [0.5, 0.6) is 0 Å². The van der Waals surface area contributed by atoms with Crippen LogP contribution in [0.1, 0.15) is 37.7 Å². The van der Waals surface area contributed by atoms with E-state index < -0.39 is 10.8 Å². The second kappa shape index (κ2) is 13.7. The lowest BCUT2D eigenvalue weighted by atomic mass is 9.95. The first-order valence-electron chi connectivity index (χ1n) is 10.6. The maximum atomic E-state index is 12.4. The number of nitrogens with zero attached hydrogens (tertiary/aromatic N) is 5. The van der Waals surface area contributed by atoms with Crippen molar-refractivity contribution < 1.29 is 14.5 Å². The van der Waals surface area contributed by atoms with E-state index in [-0.39, 0.29) is 17.3 Å². The minimum Gasteiger partial charge on any atom is -0.351 e. The zero-order valence-corrected chi connectivity index (χ0v) is 19.8. The number of nitro groups is 1. The number of benzene rings is 1. The van der Waals surface area contributed by atoms with Gasteiger partial charge in [-0.2, -0.15) is 5.26 Å². The number of nitriles is 1. The van der Waals surface area contributed by atoms with Crippen molar-refractivity contribution >= 4 is 35.8 Å². The van der Waals surface area contributed by atoms with E-state index >= 15 is 0 Å². The Balaban J connectivity index is 0.000000739. The Bertz CT molecular complexity index is 1060. The van der Waals surface area contributed by atoms with Crippen molar-refractivity contribution in [3.8, 4) is 6.07 Å². The van der Waals surface area contributed by atoms with Crippen LogP contribution in [0.4, 0.5) is 5.69 Å². The van der Waals surface area contributed by atoms with Gasteiger partial charge in [-0.1, -0.05) is 25.3 Å². The first-order chi connectivity index (χ1) is 16.3. The van der Waals surface area contributed by atoms with Crippen LogP contribution in [0.2, 0.25) is 0 Å². The molecular formula is C23H26N6O4S. The molecule has 0 saturated heterocycles. The molecule has 0 spiro atoms. The second-order valence-corrected chi connectivity index (χ2v) is 8.67. The number of amides is 2. The molecule has 3 rings (SSSR count). The van der Waals surface area contributed by atoms with Gasteiger partial charge in [0.25, 0.3) is 11.6 Å². The van der Waals surface area contributed by atoms with Gasteiger partial charge < -0.3 is 10.2 Å². The molecule has 1 saturated carbocycles. The molecule has 1 aromatic heterocycles. The monoisotopic (exact) mass is 482 g/mol. The van der Waals surface area contributed by atoms with Crippen LogP contribution in [-0.4, -0.2) is 52.2 Å². The van der Waals surface area contributed by atoms with Gasteiger partial charge in [0.05, 0.1) is 9.82 Å². The van der Waals surface area contributed by atoms with E-state index in [9.17, 15) is 25.0 Å². The summed E-state index contributed by atoms with van der Waals surface area (Å²) >= 11 is 1.08. The predicted molar refractivity (Wildman–Crippen MR) is 128 cm³/mol. The minimum atomic E-state index is -0.503. The number of carbonyl (C=O) groups is 2. The smallest absolute Gasteiger partial charge is 0.283 e. The van der Waals surface area contributed by atoms with Gasteiger partial charge in [-0.3, -0.25) is 19.7 Å². The number of hydrogen-bond acceptors (Lipinski definition) is 8. The zero-order chi connectivity index (χ0) is 24.9. The summed E-state index contributed by atoms with van der Waals surface area (Å²) in [7, 11) is 3.38. The minimum absolute atomic E-state index is 0.0725. The summed E-state index contributed by atoms with van der Waals surface area (Å²) in [6.07, 6.45) is 10.3. The first-order valence-corrected chi connectivity index (χ1v) is 11.4. The molecule has 1 aromatic carbocycles. The molecule has 0 atom stereocenters. The summed E-state index contributed by atoms with van der Waals surface area (Å²) in [5.41, 5.74) is 0.197. The third-order valence-corrected chi connectivity index (χ3v) is 5.71. The highest BCUT2D eigenvalue weighted by atomic mass is 32.2. The second-order valence-electron chi connectivity index (χ2n) is 7.66. The number of nitrogens with one attached hydrogen (secondary N) is 1. The SMILES string of the molecule is CN(C)C=O.N#CC(=Cc1ccc(Sc2ncccn2)c([N+](=O)[O-])c1)C(=O)NC1CCCCC1. The quantitative estimate of drug-likeness (QED) is 0.157. The first kappa shape index (κ1) is 26.5. The third kappa shape index (κ3) is 8.63. The number of hydrogen-bond donors (Lipinski definition) is 1. The van der Waals surface area contributed by atoms with E-state index in [1.54, 1.807) is 44.7 Å². The van der Waals surface area contributed by atoms with Crippen molar-refractivity contribution in [2.24, 2.45) is 0 Å². The van der Waals surface area contributed by atoms with Gasteiger partial charge in [-0.05, 0) is 48.4 Å². The van der Waals surface area contributed by atoms with E-state index in [2.05, 4.69) is 15.3 Å². The lowest BCUT2D eigenvalue weighted by Gasteiger charge is -2.22. The summed E-state index contributed by atoms with van der Waals surface area (Å²) in [5, 5.41) is 24.2. The van der Waals surface area contributed by atoms with Gasteiger partial charge in [-0.15, -0.1) is 0 Å². The van der Waals surface area contributed by atoms with Crippen molar-refractivity contribution in [1.82, 2.24) is 20.2 Å². The fraction of sp³-hybridized carbons (Fsp3) is 0.348. The van der Waals surface area contributed by atoms with Crippen molar-refractivity contribution in [3.63, 3.8) is 0 Å². The van der Waals surface area contributed by atoms with Gasteiger partial charge in [-0.25, -0.2) is 9.97 Å². The largest absolute Gasteiger partial charge is 0.351 e. The summed E-state index contributed by atoms with van der Waals surface area (Å²) in [6, 6.07) is 8.17. The summed E-state index contributed by atoms with van der Waals surface area (Å²) in [5.74, 6) is -0.446. The maximum absolute atomic E-state index is 12.4. The molecule has 0 bridgehead atoms. The van der Waals surface area contributed by atoms with Gasteiger partial charge in [0.1, 0.15) is 11.6 Å². The number of rotatable bonds is 7. The highest BCUT2D eigenvalue weighted by Gasteiger charge is 2.20. The Morgan fingerprint density at radius 1 is 1.26 bits per heavy atom. The van der Waals surface area contributed by atoms with E-state index in [1.807, 2.05) is 6.07 Å². The van der Waals surface area contributed by atoms with Crippen LogP contribution in [-0.2, 0) is 9.59 Å². The van der Waals surface area contributed by atoms with Crippen molar-refractivity contribution in [2.45, 2.75) is 48.2 Å². The van der Waals surface area contributed by atoms with Crippen LogP contribution < -0.4 is 5.32 Å². The topological polar surface area (TPSA) is 142 Å². The molecule has 2 amide bonds. The van der Waals surface area contributed by atoms with Crippen LogP contribution in [0, 0.1) is 21.4 Å². The van der Waals surface area contributed by atoms with E-state index in [0.29, 0.717) is 15.6 Å². The van der Waals surface area contributed by atoms with Crippen molar-refractivity contribution in [2.75, 3.05) is 14.1 Å². The van der Waals surface area contributed by atoms with E-state index in [1.165, 1.54) is 17.0 Å². The Morgan fingerprint density at radius 2 is 1.91 bits per heavy atom. The fourth-order valence-electron chi connectivity index (χ4n) is 3.11. The molecule has 10 nitrogen and oxygen atoms in total. The molecule has 34 heavy (non-hydrogen) atoms. The molecule has 178 valence electrons. The molecule has 1 aliphatic rings. The van der Waals surface area contributed by atoms with E-state index in [0.717, 1.165) is 50.3 Å². The lowest BCUT2D eigenvalue weighted by Crippen LogP contribution is -2.36. The van der Waals surface area contributed by atoms with E-state index in [4.69, 9.17) is 0 Å². The molecule has 11 heteroatoms. The van der Waals surface area contributed by atoms with Crippen LogP contribution in [0.25, 0.3) is 6.08 Å².